The van der Waals surface area contributed by atoms with E-state index in [1.807, 2.05) is 18.2 Å². The topological polar surface area (TPSA) is 45.7 Å². The molecule has 0 saturated carbocycles. The van der Waals surface area contributed by atoms with Crippen molar-refractivity contribution in [1.82, 2.24) is 9.88 Å². The van der Waals surface area contributed by atoms with Gasteiger partial charge in [0.15, 0.2) is 5.13 Å². The number of para-hydroxylation sites is 1. The number of anilines is 1. The Kier molecular flexibility index (Phi) is 9.00. The van der Waals surface area contributed by atoms with Crippen LogP contribution in [0.15, 0.2) is 42.5 Å². The summed E-state index contributed by atoms with van der Waals surface area (Å²) in [5.41, 5.74) is 0.846. The summed E-state index contributed by atoms with van der Waals surface area (Å²) in [4.78, 5) is 21.9. The lowest BCUT2D eigenvalue weighted by Crippen LogP contribution is -2.38. The Bertz CT molecular complexity index is 1020. The maximum Gasteiger partial charge on any atom is 0.260 e. The highest BCUT2D eigenvalue weighted by atomic mass is 32.1. The quantitative estimate of drug-likeness (QED) is 0.313. The van der Waals surface area contributed by atoms with E-state index in [2.05, 4.69) is 30.7 Å². The van der Waals surface area contributed by atoms with E-state index in [1.54, 1.807) is 23.1 Å². The van der Waals surface area contributed by atoms with E-state index in [9.17, 15) is 9.18 Å². The lowest BCUT2D eigenvalue weighted by Gasteiger charge is -2.25. The molecule has 5 nitrogen and oxygen atoms in total. The molecule has 1 aromatic heterocycles. The van der Waals surface area contributed by atoms with Gasteiger partial charge in [-0.15, -0.1) is 0 Å². The normalized spacial score (nSPS) is 11.3. The first-order valence-electron chi connectivity index (χ1n) is 11.4. The van der Waals surface area contributed by atoms with E-state index in [0.717, 1.165) is 37.1 Å². The molecule has 0 spiro atoms. The van der Waals surface area contributed by atoms with Gasteiger partial charge in [-0.1, -0.05) is 57.1 Å². The highest BCUT2D eigenvalue weighted by Crippen LogP contribution is 2.31. The molecule has 1 amide bonds. The van der Waals surface area contributed by atoms with Crippen LogP contribution in [0.2, 0.25) is 0 Å². The Balaban J connectivity index is 1.86. The van der Waals surface area contributed by atoms with Gasteiger partial charge in [0, 0.05) is 18.7 Å². The van der Waals surface area contributed by atoms with Crippen LogP contribution in [0.4, 0.5) is 9.52 Å². The molecular formula is C25H32FN3O2S. The molecule has 0 unspecified atom stereocenters. The number of carbonyl (C=O) groups excluding carboxylic acids is 1. The maximum atomic E-state index is 14.3. The van der Waals surface area contributed by atoms with Crippen molar-refractivity contribution >= 4 is 32.6 Å². The second-order valence-corrected chi connectivity index (χ2v) is 8.66. The molecular weight excluding hydrogens is 425 g/mol. The van der Waals surface area contributed by atoms with Crippen LogP contribution < -0.4 is 9.64 Å². The number of halogens is 1. The van der Waals surface area contributed by atoms with Crippen molar-refractivity contribution in [2.24, 2.45) is 0 Å². The van der Waals surface area contributed by atoms with E-state index >= 15 is 0 Å². The number of nitrogens with zero attached hydrogens (tertiary/aromatic N) is 3. The molecule has 1 heterocycles. The van der Waals surface area contributed by atoms with E-state index in [-0.39, 0.29) is 11.7 Å². The Morgan fingerprint density at radius 3 is 2.56 bits per heavy atom. The molecule has 0 saturated heterocycles. The standard InChI is InChI=1S/C25H32FN3O2S/c1-4-7-8-17-31-20-12-9-11-19(18-20)24(30)29(16-15-28(5-2)6-3)25-27-23-21(26)13-10-14-22(23)32-25/h9-14,18H,4-8,15-17H2,1-3H3. The molecule has 172 valence electrons. The predicted octanol–water partition coefficient (Wildman–Crippen LogP) is 5.99. The predicted molar refractivity (Wildman–Crippen MR) is 131 cm³/mol. The largest absolute Gasteiger partial charge is 0.494 e. The smallest absolute Gasteiger partial charge is 0.260 e. The number of rotatable bonds is 12. The lowest BCUT2D eigenvalue weighted by molar-refractivity contribution is 0.0983. The summed E-state index contributed by atoms with van der Waals surface area (Å²) in [5, 5.41) is 0.511. The van der Waals surface area contributed by atoms with Crippen molar-refractivity contribution in [3.05, 3.63) is 53.8 Å². The van der Waals surface area contributed by atoms with Crippen LogP contribution in [0.25, 0.3) is 10.2 Å². The minimum absolute atomic E-state index is 0.157. The van der Waals surface area contributed by atoms with E-state index in [4.69, 9.17) is 4.74 Å². The molecule has 3 rings (SSSR count). The number of hydrogen-bond acceptors (Lipinski definition) is 5. The number of hydrogen-bond donors (Lipinski definition) is 0. The zero-order valence-electron chi connectivity index (χ0n) is 19.1. The Labute approximate surface area is 193 Å². The first-order chi connectivity index (χ1) is 15.6. The molecule has 32 heavy (non-hydrogen) atoms. The monoisotopic (exact) mass is 457 g/mol. The van der Waals surface area contributed by atoms with Gasteiger partial charge in [-0.3, -0.25) is 9.69 Å². The van der Waals surface area contributed by atoms with E-state index in [1.165, 1.54) is 17.4 Å². The van der Waals surface area contributed by atoms with Gasteiger partial charge in [0.2, 0.25) is 0 Å². The molecule has 0 aliphatic rings. The van der Waals surface area contributed by atoms with Crippen molar-refractivity contribution in [2.75, 3.05) is 37.7 Å². The highest BCUT2D eigenvalue weighted by Gasteiger charge is 2.23. The number of aromatic nitrogens is 1. The Morgan fingerprint density at radius 2 is 1.84 bits per heavy atom. The summed E-state index contributed by atoms with van der Waals surface area (Å²) < 4.78 is 20.8. The molecule has 0 radical (unpaired) electrons. The van der Waals surface area contributed by atoms with Crippen molar-refractivity contribution in [3.8, 4) is 5.75 Å². The van der Waals surface area contributed by atoms with Crippen molar-refractivity contribution in [1.29, 1.82) is 0 Å². The zero-order chi connectivity index (χ0) is 22.9. The Hall–Kier alpha value is -2.51. The van der Waals surface area contributed by atoms with Gasteiger partial charge >= 0.3 is 0 Å². The molecule has 0 atom stereocenters. The first-order valence-corrected chi connectivity index (χ1v) is 12.2. The summed E-state index contributed by atoms with van der Waals surface area (Å²) in [6, 6.07) is 12.2. The van der Waals surface area contributed by atoms with Crippen LogP contribution in [-0.2, 0) is 0 Å². The fourth-order valence-corrected chi connectivity index (χ4v) is 4.51. The third-order valence-corrected chi connectivity index (χ3v) is 6.51. The molecule has 0 bridgehead atoms. The van der Waals surface area contributed by atoms with Crippen molar-refractivity contribution < 1.29 is 13.9 Å². The van der Waals surface area contributed by atoms with Crippen molar-refractivity contribution in [3.63, 3.8) is 0 Å². The average Bonchev–Trinajstić information content (AvgIpc) is 3.25. The summed E-state index contributed by atoms with van der Waals surface area (Å²) in [6.45, 7) is 9.97. The SMILES string of the molecule is CCCCCOc1cccc(C(=O)N(CCN(CC)CC)c2nc3c(F)cccc3s2)c1. The van der Waals surface area contributed by atoms with Gasteiger partial charge in [-0.25, -0.2) is 9.37 Å². The second-order valence-electron chi connectivity index (χ2n) is 7.65. The number of benzene rings is 2. The molecule has 3 aromatic rings. The Morgan fingerprint density at radius 1 is 1.06 bits per heavy atom. The lowest BCUT2D eigenvalue weighted by atomic mass is 10.2. The minimum atomic E-state index is -0.372. The summed E-state index contributed by atoms with van der Waals surface area (Å²) in [5.74, 6) is 0.158. The van der Waals surface area contributed by atoms with Gasteiger partial charge < -0.3 is 9.64 Å². The van der Waals surface area contributed by atoms with Gasteiger partial charge in [0.25, 0.3) is 5.91 Å². The molecule has 0 aliphatic heterocycles. The number of carbonyl (C=O) groups is 1. The molecule has 0 N–H and O–H groups in total. The maximum absolute atomic E-state index is 14.3. The molecule has 0 aliphatic carbocycles. The number of unbranched alkanes of at least 4 members (excludes halogenated alkanes) is 2. The number of thiazole rings is 1. The summed E-state index contributed by atoms with van der Waals surface area (Å²) in [7, 11) is 0. The van der Waals surface area contributed by atoms with Crippen LogP contribution in [0.5, 0.6) is 5.75 Å². The number of amides is 1. The van der Waals surface area contributed by atoms with Crippen LogP contribution in [0.3, 0.4) is 0 Å². The van der Waals surface area contributed by atoms with Gasteiger partial charge in [0.05, 0.1) is 11.3 Å². The van der Waals surface area contributed by atoms with Crippen LogP contribution in [0, 0.1) is 5.82 Å². The zero-order valence-corrected chi connectivity index (χ0v) is 20.0. The third-order valence-electron chi connectivity index (χ3n) is 5.47. The van der Waals surface area contributed by atoms with Crippen LogP contribution in [0.1, 0.15) is 50.4 Å². The van der Waals surface area contributed by atoms with Crippen LogP contribution >= 0.6 is 11.3 Å². The third kappa shape index (κ3) is 6.04. The van der Waals surface area contributed by atoms with E-state index < -0.39 is 0 Å². The minimum Gasteiger partial charge on any atom is -0.494 e. The van der Waals surface area contributed by atoms with Gasteiger partial charge in [-0.05, 0) is 49.8 Å². The fraction of sp³-hybridized carbons (Fsp3) is 0.440. The van der Waals surface area contributed by atoms with Gasteiger partial charge in [-0.2, -0.15) is 0 Å². The average molecular weight is 458 g/mol. The molecule has 2 aromatic carbocycles. The van der Waals surface area contributed by atoms with Crippen molar-refractivity contribution in [2.45, 2.75) is 40.0 Å². The molecule has 7 heteroatoms. The highest BCUT2D eigenvalue weighted by molar-refractivity contribution is 7.22. The molecule has 0 fully saturated rings. The number of likely N-dealkylation sites (N-methyl/N-ethyl adjacent to an activating group) is 1. The van der Waals surface area contributed by atoms with E-state index in [0.29, 0.717) is 41.7 Å². The fourth-order valence-electron chi connectivity index (χ4n) is 3.50. The second kappa shape index (κ2) is 11.9. The summed E-state index contributed by atoms with van der Waals surface area (Å²) >= 11 is 1.34. The van der Waals surface area contributed by atoms with Gasteiger partial charge in [0.1, 0.15) is 17.1 Å². The number of fused-ring (bicyclic) bond motifs is 1. The summed E-state index contributed by atoms with van der Waals surface area (Å²) in [6.07, 6.45) is 3.24. The van der Waals surface area contributed by atoms with Crippen LogP contribution in [-0.4, -0.2) is 48.6 Å². The first kappa shape index (κ1) is 24.1. The number of ether oxygens (including phenoxy) is 1.